The van der Waals surface area contributed by atoms with E-state index in [9.17, 15) is 0 Å². The summed E-state index contributed by atoms with van der Waals surface area (Å²) < 4.78 is 7.59. The van der Waals surface area contributed by atoms with Crippen LogP contribution >= 0.6 is 11.3 Å². The Kier molecular flexibility index (Phi) is 5.36. The van der Waals surface area contributed by atoms with E-state index in [0.717, 1.165) is 17.8 Å². The molecule has 1 aromatic heterocycles. The molecule has 0 amide bonds. The first-order valence-corrected chi connectivity index (χ1v) is 7.52. The third-order valence-corrected chi connectivity index (χ3v) is 3.87. The summed E-state index contributed by atoms with van der Waals surface area (Å²) in [5.74, 6) is 0. The molecule has 0 spiro atoms. The normalized spacial score (nSPS) is 12.0. The lowest BCUT2D eigenvalue weighted by Gasteiger charge is -2.07. The van der Waals surface area contributed by atoms with Crippen molar-refractivity contribution in [2.45, 2.75) is 26.8 Å². The summed E-state index contributed by atoms with van der Waals surface area (Å²) >= 11 is 1.69. The minimum absolute atomic E-state index is 0.439. The van der Waals surface area contributed by atoms with Gasteiger partial charge in [-0.25, -0.2) is 4.99 Å². The average molecular weight is 276 g/mol. The van der Waals surface area contributed by atoms with E-state index in [4.69, 9.17) is 4.74 Å². The van der Waals surface area contributed by atoms with E-state index in [1.807, 2.05) is 13.0 Å². The van der Waals surface area contributed by atoms with Crippen LogP contribution in [0.15, 0.2) is 40.7 Å². The molecule has 0 saturated carbocycles. The van der Waals surface area contributed by atoms with Gasteiger partial charge < -0.3 is 9.30 Å². The van der Waals surface area contributed by atoms with Gasteiger partial charge in [-0.05, 0) is 18.9 Å². The van der Waals surface area contributed by atoms with Crippen LogP contribution in [-0.4, -0.2) is 17.9 Å². The van der Waals surface area contributed by atoms with E-state index >= 15 is 0 Å². The third kappa shape index (κ3) is 3.78. The molecule has 1 heterocycles. The number of hydrogen-bond donors (Lipinski definition) is 0. The van der Waals surface area contributed by atoms with Gasteiger partial charge in [0.05, 0.1) is 6.54 Å². The maximum atomic E-state index is 5.31. The first kappa shape index (κ1) is 14.0. The first-order chi connectivity index (χ1) is 9.35. The van der Waals surface area contributed by atoms with Gasteiger partial charge in [-0.3, -0.25) is 0 Å². The molecule has 19 heavy (non-hydrogen) atoms. The van der Waals surface area contributed by atoms with E-state index in [1.54, 1.807) is 11.3 Å². The molecular formula is C15H20N2OS. The summed E-state index contributed by atoms with van der Waals surface area (Å²) in [7, 11) is 0. The number of ether oxygens (including phenoxy) is 1. The van der Waals surface area contributed by atoms with Crippen LogP contribution in [-0.2, 0) is 17.7 Å². The zero-order valence-electron chi connectivity index (χ0n) is 11.5. The van der Waals surface area contributed by atoms with Crippen molar-refractivity contribution in [1.82, 2.24) is 4.57 Å². The largest absolute Gasteiger partial charge is 0.359 e. The number of rotatable bonds is 6. The van der Waals surface area contributed by atoms with Crippen LogP contribution in [0.5, 0.6) is 0 Å². The van der Waals surface area contributed by atoms with Crippen molar-refractivity contribution in [2.24, 2.45) is 4.99 Å². The van der Waals surface area contributed by atoms with Gasteiger partial charge in [-0.1, -0.05) is 37.3 Å². The fourth-order valence-electron chi connectivity index (χ4n) is 1.89. The Morgan fingerprint density at radius 2 is 2.00 bits per heavy atom. The molecule has 0 bridgehead atoms. The Bertz CT molecular complexity index is 557. The monoisotopic (exact) mass is 276 g/mol. The summed E-state index contributed by atoms with van der Waals surface area (Å²) in [6.07, 6.45) is 1.02. The Hall–Kier alpha value is -1.39. The van der Waals surface area contributed by atoms with Gasteiger partial charge in [0.2, 0.25) is 0 Å². The highest BCUT2D eigenvalue weighted by atomic mass is 32.1. The topological polar surface area (TPSA) is 26.5 Å². The van der Waals surface area contributed by atoms with Gasteiger partial charge in [-0.15, -0.1) is 11.3 Å². The maximum Gasteiger partial charge on any atom is 0.187 e. The van der Waals surface area contributed by atoms with Crippen molar-refractivity contribution in [3.63, 3.8) is 0 Å². The number of hydrogen-bond acceptors (Lipinski definition) is 3. The molecule has 1 aromatic carbocycles. The molecule has 3 nitrogen and oxygen atoms in total. The van der Waals surface area contributed by atoms with Crippen molar-refractivity contribution < 1.29 is 4.74 Å². The van der Waals surface area contributed by atoms with Crippen molar-refractivity contribution in [1.29, 1.82) is 0 Å². The lowest BCUT2D eigenvalue weighted by Crippen LogP contribution is -2.19. The van der Waals surface area contributed by atoms with Crippen molar-refractivity contribution in [2.75, 3.05) is 13.3 Å². The van der Waals surface area contributed by atoms with Crippen LogP contribution in [0.3, 0.4) is 0 Å². The number of benzene rings is 1. The first-order valence-electron chi connectivity index (χ1n) is 6.64. The molecule has 0 aliphatic heterocycles. The van der Waals surface area contributed by atoms with Gasteiger partial charge in [0, 0.05) is 17.7 Å². The lowest BCUT2D eigenvalue weighted by molar-refractivity contribution is 0.153. The highest BCUT2D eigenvalue weighted by Gasteiger charge is 2.04. The quantitative estimate of drug-likeness (QED) is 0.745. The number of aromatic nitrogens is 1. The van der Waals surface area contributed by atoms with Crippen LogP contribution in [0.25, 0.3) is 0 Å². The molecule has 0 N–H and O–H groups in total. The lowest BCUT2D eigenvalue weighted by atomic mass is 10.2. The highest BCUT2D eigenvalue weighted by Crippen LogP contribution is 2.07. The molecule has 0 fully saturated rings. The van der Waals surface area contributed by atoms with Gasteiger partial charge in [0.15, 0.2) is 4.80 Å². The molecule has 0 atom stereocenters. The third-order valence-electron chi connectivity index (χ3n) is 2.92. The van der Waals surface area contributed by atoms with Crippen molar-refractivity contribution in [3.8, 4) is 0 Å². The van der Waals surface area contributed by atoms with Crippen LogP contribution in [0.1, 0.15) is 25.1 Å². The molecule has 2 rings (SSSR count). The van der Waals surface area contributed by atoms with Crippen LogP contribution < -0.4 is 4.80 Å². The minimum atomic E-state index is 0.439. The minimum Gasteiger partial charge on any atom is -0.359 e. The SMILES string of the molecule is CCOCN=c1scc(CC)n1Cc1ccccc1. The molecule has 0 saturated heterocycles. The molecule has 2 aromatic rings. The second kappa shape index (κ2) is 7.26. The number of nitrogens with zero attached hydrogens (tertiary/aromatic N) is 2. The highest BCUT2D eigenvalue weighted by molar-refractivity contribution is 7.07. The molecule has 0 radical (unpaired) electrons. The second-order valence-electron chi connectivity index (χ2n) is 4.21. The number of thiazole rings is 1. The van der Waals surface area contributed by atoms with Gasteiger partial charge in [0.25, 0.3) is 0 Å². The predicted molar refractivity (Wildman–Crippen MR) is 79.3 cm³/mol. The average Bonchev–Trinajstić information content (AvgIpc) is 2.83. The van der Waals surface area contributed by atoms with E-state index in [0.29, 0.717) is 13.3 Å². The Balaban J connectivity index is 2.26. The van der Waals surface area contributed by atoms with E-state index < -0.39 is 0 Å². The van der Waals surface area contributed by atoms with E-state index in [1.165, 1.54) is 11.3 Å². The van der Waals surface area contributed by atoms with Crippen LogP contribution in [0, 0.1) is 0 Å². The van der Waals surface area contributed by atoms with E-state index in [-0.39, 0.29) is 0 Å². The standard InChI is InChI=1S/C15H20N2OS/c1-3-14-11-19-15(16-12-18-4-2)17(14)10-13-8-6-5-7-9-13/h5-9,11H,3-4,10,12H2,1-2H3. The zero-order valence-corrected chi connectivity index (χ0v) is 12.3. The maximum absolute atomic E-state index is 5.31. The summed E-state index contributed by atoms with van der Waals surface area (Å²) in [4.78, 5) is 5.56. The van der Waals surface area contributed by atoms with Crippen molar-refractivity contribution in [3.05, 3.63) is 51.8 Å². The Morgan fingerprint density at radius 1 is 1.21 bits per heavy atom. The fraction of sp³-hybridized carbons (Fsp3) is 0.400. The molecule has 0 aliphatic carbocycles. The van der Waals surface area contributed by atoms with E-state index in [2.05, 4.69) is 46.1 Å². The second-order valence-corrected chi connectivity index (χ2v) is 5.05. The summed E-state index contributed by atoms with van der Waals surface area (Å²) in [5.41, 5.74) is 2.62. The van der Waals surface area contributed by atoms with Gasteiger partial charge in [0.1, 0.15) is 6.73 Å². The van der Waals surface area contributed by atoms with Gasteiger partial charge >= 0.3 is 0 Å². The molecule has 102 valence electrons. The van der Waals surface area contributed by atoms with Crippen molar-refractivity contribution >= 4 is 11.3 Å². The molecular weight excluding hydrogens is 256 g/mol. The van der Waals surface area contributed by atoms with Gasteiger partial charge in [-0.2, -0.15) is 0 Å². The van der Waals surface area contributed by atoms with Crippen LogP contribution in [0.2, 0.25) is 0 Å². The Labute approximate surface area is 118 Å². The smallest absolute Gasteiger partial charge is 0.187 e. The summed E-state index contributed by atoms with van der Waals surface area (Å²) in [6, 6.07) is 10.5. The number of aryl methyl sites for hydroxylation is 1. The predicted octanol–water partition coefficient (Wildman–Crippen LogP) is 3.06. The molecule has 0 aliphatic rings. The summed E-state index contributed by atoms with van der Waals surface area (Å²) in [5, 5.41) is 2.19. The zero-order chi connectivity index (χ0) is 13.5. The summed E-state index contributed by atoms with van der Waals surface area (Å²) in [6.45, 7) is 6.18. The molecule has 0 unspecified atom stereocenters. The molecule has 4 heteroatoms. The fourth-order valence-corrected chi connectivity index (χ4v) is 2.87. The van der Waals surface area contributed by atoms with Crippen LogP contribution in [0.4, 0.5) is 0 Å². The Morgan fingerprint density at radius 3 is 2.68 bits per heavy atom.